The van der Waals surface area contributed by atoms with Gasteiger partial charge < -0.3 is 9.47 Å². The molecule has 0 fully saturated rings. The number of rotatable bonds is 5. The van der Waals surface area contributed by atoms with Gasteiger partial charge in [0.2, 0.25) is 5.90 Å². The molecule has 0 aliphatic carbocycles. The maximum Gasteiger partial charge on any atom is 0.363 e. The maximum absolute atomic E-state index is 12.4. The average Bonchev–Trinajstić information content (AvgIpc) is 3.19. The molecule has 1 aliphatic heterocycles. The second kappa shape index (κ2) is 8.93. The fourth-order valence-corrected chi connectivity index (χ4v) is 3.87. The Bertz CT molecular complexity index is 1430. The number of carbonyl (C=O) groups is 1. The molecule has 0 radical (unpaired) electrons. The van der Waals surface area contributed by atoms with E-state index in [-0.39, 0.29) is 11.6 Å². The van der Waals surface area contributed by atoms with E-state index in [4.69, 9.17) is 21.1 Å². The van der Waals surface area contributed by atoms with Crippen molar-refractivity contribution >= 4 is 40.3 Å². The molecule has 0 bridgehead atoms. The third-order valence-corrected chi connectivity index (χ3v) is 5.88. The highest BCUT2D eigenvalue weighted by molar-refractivity contribution is 6.31. The van der Waals surface area contributed by atoms with Crippen LogP contribution >= 0.6 is 11.6 Å². The van der Waals surface area contributed by atoms with E-state index in [0.717, 1.165) is 16.7 Å². The monoisotopic (exact) mass is 453 g/mol. The molecule has 33 heavy (non-hydrogen) atoms. The van der Waals surface area contributed by atoms with Crippen LogP contribution in [0.4, 0.5) is 0 Å². The standard InChI is InChI=1S/C28H20ClNO3/c1-18-12-13-21(16-25(18)29)27-30-26(28(31)33-27)15-19-6-4-10-23(14-19)32-17-22-9-5-8-20-7-2-3-11-24(20)22/h2-16H,17H2,1H3/b26-15+. The van der Waals surface area contributed by atoms with Gasteiger partial charge in [-0.1, -0.05) is 72.3 Å². The Kier molecular flexibility index (Phi) is 5.68. The zero-order valence-electron chi connectivity index (χ0n) is 17.9. The fraction of sp³-hybridized carbons (Fsp3) is 0.0714. The highest BCUT2D eigenvalue weighted by atomic mass is 35.5. The molecule has 0 saturated heterocycles. The van der Waals surface area contributed by atoms with Crippen LogP contribution in [-0.2, 0) is 16.1 Å². The van der Waals surface area contributed by atoms with Crippen molar-refractivity contribution in [2.45, 2.75) is 13.5 Å². The zero-order chi connectivity index (χ0) is 22.8. The molecule has 1 aliphatic rings. The first-order valence-corrected chi connectivity index (χ1v) is 10.9. The summed E-state index contributed by atoms with van der Waals surface area (Å²) < 4.78 is 11.4. The molecular weight excluding hydrogens is 434 g/mol. The van der Waals surface area contributed by atoms with Crippen molar-refractivity contribution in [2.24, 2.45) is 4.99 Å². The molecule has 0 amide bonds. The molecule has 0 unspecified atom stereocenters. The number of halogens is 1. The topological polar surface area (TPSA) is 47.9 Å². The Morgan fingerprint density at radius 1 is 0.970 bits per heavy atom. The lowest BCUT2D eigenvalue weighted by molar-refractivity contribution is -0.129. The largest absolute Gasteiger partial charge is 0.489 e. The van der Waals surface area contributed by atoms with E-state index in [1.165, 1.54) is 10.8 Å². The van der Waals surface area contributed by atoms with Crippen LogP contribution in [0.1, 0.15) is 22.3 Å². The molecule has 4 nitrogen and oxygen atoms in total. The van der Waals surface area contributed by atoms with Crippen molar-refractivity contribution in [3.8, 4) is 5.75 Å². The second-order valence-corrected chi connectivity index (χ2v) is 8.21. The van der Waals surface area contributed by atoms with Crippen LogP contribution in [0.15, 0.2) is 95.6 Å². The molecule has 4 aromatic rings. The molecule has 5 rings (SSSR count). The molecule has 0 spiro atoms. The number of cyclic esters (lactones) is 1. The summed E-state index contributed by atoms with van der Waals surface area (Å²) in [5.41, 5.74) is 3.75. The van der Waals surface area contributed by atoms with E-state index >= 15 is 0 Å². The molecule has 0 aromatic heterocycles. The summed E-state index contributed by atoms with van der Waals surface area (Å²) >= 11 is 6.19. The minimum absolute atomic E-state index is 0.230. The van der Waals surface area contributed by atoms with Crippen molar-refractivity contribution in [2.75, 3.05) is 0 Å². The lowest BCUT2D eigenvalue weighted by Crippen LogP contribution is -2.05. The van der Waals surface area contributed by atoms with Crippen molar-refractivity contribution < 1.29 is 14.3 Å². The number of hydrogen-bond donors (Lipinski definition) is 0. The van der Waals surface area contributed by atoms with Crippen LogP contribution in [0.5, 0.6) is 5.75 Å². The molecule has 5 heteroatoms. The molecular formula is C28H20ClNO3. The second-order valence-electron chi connectivity index (χ2n) is 7.80. The summed E-state index contributed by atoms with van der Waals surface area (Å²) in [5.74, 6) is 0.457. The summed E-state index contributed by atoms with van der Waals surface area (Å²) in [7, 11) is 0. The van der Waals surface area contributed by atoms with Crippen molar-refractivity contribution in [3.05, 3.63) is 118 Å². The zero-order valence-corrected chi connectivity index (χ0v) is 18.7. The van der Waals surface area contributed by atoms with E-state index < -0.39 is 5.97 Å². The third kappa shape index (κ3) is 4.52. The minimum Gasteiger partial charge on any atom is -0.489 e. The average molecular weight is 454 g/mol. The minimum atomic E-state index is -0.497. The Balaban J connectivity index is 1.36. The van der Waals surface area contributed by atoms with Crippen LogP contribution < -0.4 is 4.74 Å². The number of ether oxygens (including phenoxy) is 2. The van der Waals surface area contributed by atoms with E-state index in [1.54, 1.807) is 12.1 Å². The van der Waals surface area contributed by atoms with Gasteiger partial charge in [-0.15, -0.1) is 0 Å². The van der Waals surface area contributed by atoms with Crippen LogP contribution in [0.25, 0.3) is 16.8 Å². The van der Waals surface area contributed by atoms with E-state index in [0.29, 0.717) is 22.9 Å². The SMILES string of the molecule is Cc1ccc(C2=N/C(=C/c3cccc(OCc4cccc5ccccc45)c3)C(=O)O2)cc1Cl. The highest BCUT2D eigenvalue weighted by Crippen LogP contribution is 2.25. The van der Waals surface area contributed by atoms with Crippen LogP contribution in [0, 0.1) is 6.92 Å². The van der Waals surface area contributed by atoms with Gasteiger partial charge in [0.25, 0.3) is 0 Å². The van der Waals surface area contributed by atoms with Crippen molar-refractivity contribution in [1.29, 1.82) is 0 Å². The van der Waals surface area contributed by atoms with E-state index in [9.17, 15) is 4.79 Å². The number of aliphatic imine (C=N–C) groups is 1. The number of fused-ring (bicyclic) bond motifs is 1. The predicted molar refractivity (Wildman–Crippen MR) is 132 cm³/mol. The maximum atomic E-state index is 12.4. The summed E-state index contributed by atoms with van der Waals surface area (Å²) in [4.78, 5) is 16.7. The Morgan fingerprint density at radius 3 is 2.67 bits per heavy atom. The normalized spacial score (nSPS) is 14.4. The number of hydrogen-bond acceptors (Lipinski definition) is 4. The van der Waals surface area contributed by atoms with Gasteiger partial charge in [-0.3, -0.25) is 0 Å². The van der Waals surface area contributed by atoms with Crippen LogP contribution in [-0.4, -0.2) is 11.9 Å². The molecule has 1 heterocycles. The van der Waals surface area contributed by atoms with Gasteiger partial charge >= 0.3 is 5.97 Å². The first-order chi connectivity index (χ1) is 16.1. The number of carbonyl (C=O) groups excluding carboxylic acids is 1. The molecule has 0 saturated carbocycles. The Morgan fingerprint density at radius 2 is 1.79 bits per heavy atom. The van der Waals surface area contributed by atoms with E-state index in [2.05, 4.69) is 29.3 Å². The predicted octanol–water partition coefficient (Wildman–Crippen LogP) is 6.73. The van der Waals surface area contributed by atoms with Crippen molar-refractivity contribution in [1.82, 2.24) is 0 Å². The third-order valence-electron chi connectivity index (χ3n) is 5.48. The first kappa shape index (κ1) is 21.0. The first-order valence-electron chi connectivity index (χ1n) is 10.6. The van der Waals surface area contributed by atoms with Gasteiger partial charge in [-0.05, 0) is 64.7 Å². The van der Waals surface area contributed by atoms with Gasteiger partial charge in [-0.25, -0.2) is 9.79 Å². The Labute approximate surface area is 196 Å². The number of benzene rings is 4. The molecule has 0 N–H and O–H groups in total. The van der Waals surface area contributed by atoms with Gasteiger partial charge in [0.05, 0.1) is 0 Å². The summed E-state index contributed by atoms with van der Waals surface area (Å²) in [6.45, 7) is 2.36. The Hall–Kier alpha value is -3.89. The smallest absolute Gasteiger partial charge is 0.363 e. The fourth-order valence-electron chi connectivity index (χ4n) is 3.69. The lowest BCUT2D eigenvalue weighted by Gasteiger charge is -2.09. The molecule has 4 aromatic carbocycles. The van der Waals surface area contributed by atoms with Gasteiger partial charge in [0.15, 0.2) is 5.70 Å². The van der Waals surface area contributed by atoms with E-state index in [1.807, 2.05) is 61.5 Å². The number of aryl methyl sites for hydroxylation is 1. The number of esters is 1. The summed E-state index contributed by atoms with van der Waals surface area (Å²) in [5, 5.41) is 2.95. The molecule has 0 atom stereocenters. The highest BCUT2D eigenvalue weighted by Gasteiger charge is 2.24. The van der Waals surface area contributed by atoms with Crippen LogP contribution in [0.2, 0.25) is 5.02 Å². The summed E-state index contributed by atoms with van der Waals surface area (Å²) in [6.07, 6.45) is 1.69. The quantitative estimate of drug-likeness (QED) is 0.249. The lowest BCUT2D eigenvalue weighted by atomic mass is 10.1. The van der Waals surface area contributed by atoms with Crippen molar-refractivity contribution in [3.63, 3.8) is 0 Å². The van der Waals surface area contributed by atoms with Crippen LogP contribution in [0.3, 0.4) is 0 Å². The van der Waals surface area contributed by atoms with Gasteiger partial charge in [0, 0.05) is 10.6 Å². The van der Waals surface area contributed by atoms with Gasteiger partial charge in [-0.2, -0.15) is 0 Å². The summed E-state index contributed by atoms with van der Waals surface area (Å²) in [6, 6.07) is 27.4. The van der Waals surface area contributed by atoms with Gasteiger partial charge in [0.1, 0.15) is 12.4 Å². The number of nitrogens with zero attached hydrogens (tertiary/aromatic N) is 1. The molecule has 162 valence electrons.